The number of benzene rings is 2. The van der Waals surface area contributed by atoms with Crippen LogP contribution in [0.5, 0.6) is 0 Å². The maximum Gasteiger partial charge on any atom is 0.303 e. The number of pyridine rings is 1. The van der Waals surface area contributed by atoms with E-state index in [1.165, 1.54) is 11.8 Å². The number of hydrogen-bond acceptors (Lipinski definition) is 7. The first kappa shape index (κ1) is 25.7. The molecule has 1 atom stereocenters. The van der Waals surface area contributed by atoms with Gasteiger partial charge in [0.15, 0.2) is 16.1 Å². The second kappa shape index (κ2) is 11.1. The molecule has 1 aromatic heterocycles. The number of carboxylic acids is 1. The van der Waals surface area contributed by atoms with Gasteiger partial charge >= 0.3 is 5.97 Å². The molecule has 1 unspecified atom stereocenters. The lowest BCUT2D eigenvalue weighted by Gasteiger charge is -2.28. The fourth-order valence-corrected chi connectivity index (χ4v) is 5.35. The third kappa shape index (κ3) is 6.83. The molecule has 9 heteroatoms. The Balaban J connectivity index is 1.33. The Kier molecular flexibility index (Phi) is 7.91. The molecule has 1 saturated carbocycles. The van der Waals surface area contributed by atoms with Crippen molar-refractivity contribution in [2.75, 3.05) is 16.9 Å². The summed E-state index contributed by atoms with van der Waals surface area (Å²) in [5.41, 5.74) is 9.91. The molecular weight excluding hydrogens is 476 g/mol. The Bertz CT molecular complexity index is 1290. The van der Waals surface area contributed by atoms with Gasteiger partial charge in [-0.3, -0.25) is 10.5 Å². The summed E-state index contributed by atoms with van der Waals surface area (Å²) in [6.07, 6.45) is 4.84. The van der Waals surface area contributed by atoms with E-state index in [1.54, 1.807) is 24.3 Å². The molecule has 0 amide bonds. The van der Waals surface area contributed by atoms with Crippen LogP contribution in [-0.2, 0) is 14.6 Å². The van der Waals surface area contributed by atoms with Gasteiger partial charge in [0.25, 0.3) is 0 Å². The number of hydrogen-bond donors (Lipinski definition) is 4. The number of nitrogens with two attached hydrogens (primary N) is 1. The minimum Gasteiger partial charge on any atom is -0.481 e. The van der Waals surface area contributed by atoms with Gasteiger partial charge < -0.3 is 15.7 Å². The van der Waals surface area contributed by atoms with Gasteiger partial charge in [-0.15, -0.1) is 0 Å². The van der Waals surface area contributed by atoms with Crippen molar-refractivity contribution in [1.82, 2.24) is 4.98 Å². The van der Waals surface area contributed by atoms with Gasteiger partial charge in [-0.1, -0.05) is 30.3 Å². The molecule has 190 valence electrons. The Morgan fingerprint density at radius 1 is 1.00 bits per heavy atom. The van der Waals surface area contributed by atoms with Crippen LogP contribution in [0.15, 0.2) is 71.6 Å². The van der Waals surface area contributed by atoms with Crippen molar-refractivity contribution in [2.45, 2.75) is 49.2 Å². The number of anilines is 2. The molecule has 1 heterocycles. The van der Waals surface area contributed by atoms with Crippen molar-refractivity contribution in [1.29, 1.82) is 0 Å². The highest BCUT2D eigenvalue weighted by atomic mass is 32.2. The highest BCUT2D eigenvalue weighted by molar-refractivity contribution is 7.90. The van der Waals surface area contributed by atoms with E-state index in [1.807, 2.05) is 30.3 Å². The molecule has 1 aliphatic carbocycles. The summed E-state index contributed by atoms with van der Waals surface area (Å²) in [5, 5.41) is 15.4. The number of aromatic nitrogens is 1. The van der Waals surface area contributed by atoms with Gasteiger partial charge in [0.2, 0.25) is 0 Å². The van der Waals surface area contributed by atoms with Crippen molar-refractivity contribution in [3.05, 3.63) is 72.3 Å². The molecule has 5 N–H and O–H groups in total. The van der Waals surface area contributed by atoms with Crippen molar-refractivity contribution in [2.24, 2.45) is 11.7 Å². The monoisotopic (exact) mass is 508 g/mol. The van der Waals surface area contributed by atoms with Crippen molar-refractivity contribution >= 4 is 27.3 Å². The normalized spacial score (nSPS) is 18.8. The van der Waals surface area contributed by atoms with Gasteiger partial charge in [0.1, 0.15) is 5.82 Å². The average molecular weight is 509 g/mol. The predicted molar refractivity (Wildman–Crippen MR) is 141 cm³/mol. The van der Waals surface area contributed by atoms with E-state index in [-0.39, 0.29) is 11.3 Å². The highest BCUT2D eigenvalue weighted by Gasteiger charge is 2.24. The van der Waals surface area contributed by atoms with Crippen LogP contribution in [0.2, 0.25) is 0 Å². The first-order valence-corrected chi connectivity index (χ1v) is 13.9. The molecule has 1 fully saturated rings. The van der Waals surface area contributed by atoms with Crippen LogP contribution in [0.4, 0.5) is 11.5 Å². The predicted octanol–water partition coefficient (Wildman–Crippen LogP) is 4.67. The number of carbonyl (C=O) groups is 1. The van der Waals surface area contributed by atoms with Crippen LogP contribution in [0.1, 0.15) is 43.6 Å². The molecule has 4 rings (SSSR count). The summed E-state index contributed by atoms with van der Waals surface area (Å²) < 4.78 is 23.4. The maximum atomic E-state index is 11.7. The minimum absolute atomic E-state index is 0.267. The molecule has 0 bridgehead atoms. The number of nitrogens with zero attached hydrogens (tertiary/aromatic N) is 1. The molecule has 0 radical (unpaired) electrons. The number of rotatable bonds is 9. The van der Waals surface area contributed by atoms with Crippen LogP contribution in [0, 0.1) is 5.92 Å². The van der Waals surface area contributed by atoms with Gasteiger partial charge in [-0.2, -0.15) is 0 Å². The van der Waals surface area contributed by atoms with Crippen LogP contribution in [-0.4, -0.2) is 37.0 Å². The zero-order valence-electron chi connectivity index (χ0n) is 20.2. The fourth-order valence-electron chi connectivity index (χ4n) is 4.72. The van der Waals surface area contributed by atoms with Crippen LogP contribution >= 0.6 is 0 Å². The molecule has 2 aromatic carbocycles. The van der Waals surface area contributed by atoms with E-state index in [0.29, 0.717) is 23.3 Å². The second-order valence-electron chi connectivity index (χ2n) is 9.41. The zero-order chi connectivity index (χ0) is 25.7. The van der Waals surface area contributed by atoms with Crippen molar-refractivity contribution in [3.63, 3.8) is 0 Å². The molecule has 3 aromatic rings. The second-order valence-corrected chi connectivity index (χ2v) is 11.4. The van der Waals surface area contributed by atoms with E-state index < -0.39 is 22.1 Å². The highest BCUT2D eigenvalue weighted by Crippen LogP contribution is 2.37. The Morgan fingerprint density at radius 2 is 1.67 bits per heavy atom. The summed E-state index contributed by atoms with van der Waals surface area (Å²) in [6, 6.07) is 20.4. The Labute approximate surface area is 211 Å². The number of nitrogens with one attached hydrogen (secondary N) is 2. The summed E-state index contributed by atoms with van der Waals surface area (Å²) in [4.78, 5) is 15.8. The quantitative estimate of drug-likeness (QED) is 0.306. The van der Waals surface area contributed by atoms with Crippen LogP contribution in [0.3, 0.4) is 0 Å². The van der Waals surface area contributed by atoms with Gasteiger partial charge in [-0.25, -0.2) is 13.4 Å². The van der Waals surface area contributed by atoms with Gasteiger partial charge in [-0.05, 0) is 79.5 Å². The average Bonchev–Trinajstić information content (AvgIpc) is 2.84. The zero-order valence-corrected chi connectivity index (χ0v) is 21.0. The third-order valence-corrected chi connectivity index (χ3v) is 7.77. The third-order valence-electron chi connectivity index (χ3n) is 6.65. The largest absolute Gasteiger partial charge is 0.481 e. The van der Waals surface area contributed by atoms with Gasteiger partial charge in [0, 0.05) is 23.9 Å². The Morgan fingerprint density at radius 3 is 2.28 bits per heavy atom. The molecule has 36 heavy (non-hydrogen) atoms. The van der Waals surface area contributed by atoms with Crippen LogP contribution < -0.4 is 16.4 Å². The lowest BCUT2D eigenvalue weighted by Crippen LogP contribution is -2.37. The topological polar surface area (TPSA) is 134 Å². The standard InChI is InChI=1S/C27H32N4O4S/c1-36(34,35)23-15-11-21(12-16-23)24-3-2-4-25(30-24)31-27(28)29-22-13-9-20(10-14-22)19-7-5-18(6-8-19)17-26(32)33/h2-4,9-16,18-19,27,29H,5-8,17,28H2,1H3,(H,30,31)(H,32,33). The van der Waals surface area contributed by atoms with E-state index in [9.17, 15) is 13.2 Å². The lowest BCUT2D eigenvalue weighted by molar-refractivity contribution is -0.138. The van der Waals surface area contributed by atoms with Crippen LogP contribution in [0.25, 0.3) is 11.3 Å². The van der Waals surface area contributed by atoms with E-state index in [0.717, 1.165) is 36.9 Å². The van der Waals surface area contributed by atoms with Gasteiger partial charge in [0.05, 0.1) is 10.6 Å². The number of carboxylic acid groups (broad SMARTS) is 1. The molecule has 8 nitrogen and oxygen atoms in total. The summed E-state index contributed by atoms with van der Waals surface area (Å²) in [5.74, 6) is 0.649. The Hall–Kier alpha value is -3.43. The maximum absolute atomic E-state index is 11.7. The summed E-state index contributed by atoms with van der Waals surface area (Å²) in [7, 11) is -3.25. The smallest absolute Gasteiger partial charge is 0.303 e. The summed E-state index contributed by atoms with van der Waals surface area (Å²) >= 11 is 0. The number of sulfone groups is 1. The molecule has 0 saturated heterocycles. The van der Waals surface area contributed by atoms with Crippen molar-refractivity contribution < 1.29 is 18.3 Å². The number of aliphatic carboxylic acids is 1. The lowest BCUT2D eigenvalue weighted by atomic mass is 9.77. The molecule has 0 spiro atoms. The fraction of sp³-hybridized carbons (Fsp3) is 0.333. The molecule has 1 aliphatic rings. The molecule has 0 aliphatic heterocycles. The van der Waals surface area contributed by atoms with E-state index in [2.05, 4.69) is 27.8 Å². The first-order valence-electron chi connectivity index (χ1n) is 12.1. The molecular formula is C27H32N4O4S. The SMILES string of the molecule is CS(=O)(=O)c1ccc(-c2cccc(NC(N)Nc3ccc(C4CCC(CC(=O)O)CC4)cc3)n2)cc1. The van der Waals surface area contributed by atoms with E-state index in [4.69, 9.17) is 10.8 Å². The van der Waals surface area contributed by atoms with E-state index >= 15 is 0 Å². The minimum atomic E-state index is -3.25. The first-order chi connectivity index (χ1) is 17.2. The van der Waals surface area contributed by atoms with Crippen molar-refractivity contribution in [3.8, 4) is 11.3 Å². The summed E-state index contributed by atoms with van der Waals surface area (Å²) in [6.45, 7) is 0.